The lowest BCUT2D eigenvalue weighted by molar-refractivity contribution is -0.119. The van der Waals surface area contributed by atoms with Gasteiger partial charge in [-0.05, 0) is 13.8 Å². The molecular weight excluding hydrogens is 328 g/mol. The highest BCUT2D eigenvalue weighted by Crippen LogP contribution is 1.89. The van der Waals surface area contributed by atoms with Crippen molar-refractivity contribution in [3.8, 4) is 6.26 Å². The van der Waals surface area contributed by atoms with Gasteiger partial charge in [-0.2, -0.15) is 10.3 Å². The number of nitriles is 1. The van der Waals surface area contributed by atoms with Gasteiger partial charge in [-0.3, -0.25) is 4.79 Å². The minimum Gasteiger partial charge on any atom is -0.420 e. The van der Waals surface area contributed by atoms with Crippen molar-refractivity contribution in [2.24, 2.45) is 4.99 Å². The molecule has 0 heterocycles. The Hall–Kier alpha value is -2.71. The van der Waals surface area contributed by atoms with Gasteiger partial charge in [-0.1, -0.05) is 0 Å². The normalized spacial score (nSPS) is 9.42. The summed E-state index contributed by atoms with van der Waals surface area (Å²) in [4.78, 5) is 33.3. The number of isocyanates is 1. The van der Waals surface area contributed by atoms with Crippen LogP contribution in [-0.4, -0.2) is 61.4 Å². The number of rotatable bonds is 6. The van der Waals surface area contributed by atoms with Crippen LogP contribution >= 0.6 is 0 Å². The van der Waals surface area contributed by atoms with E-state index in [0.717, 1.165) is 0 Å². The molecule has 0 spiro atoms. The molecule has 0 saturated carbocycles. The van der Waals surface area contributed by atoms with Gasteiger partial charge in [0, 0.05) is 14.0 Å². The number of methoxy groups -OCH3 is 1. The molecule has 138 valence electrons. The molecule has 12 nitrogen and oxygen atoms in total. The summed E-state index contributed by atoms with van der Waals surface area (Å²) in [7, 11) is 1.42. The molecule has 0 fully saturated rings. The first-order valence-electron chi connectivity index (χ1n) is 6.33. The van der Waals surface area contributed by atoms with E-state index in [1.165, 1.54) is 33.3 Å². The first-order valence-corrected chi connectivity index (χ1v) is 6.33. The smallest absolute Gasteiger partial charge is 0.410 e. The second kappa shape index (κ2) is 20.3. The summed E-state index contributed by atoms with van der Waals surface area (Å²) in [6.45, 7) is 4.04. The highest BCUT2D eigenvalue weighted by atomic mass is 16.7. The zero-order valence-electron chi connectivity index (χ0n) is 13.8. The molecule has 2 amide bonds. The van der Waals surface area contributed by atoms with Crippen molar-refractivity contribution in [1.29, 1.82) is 5.26 Å². The van der Waals surface area contributed by atoms with Gasteiger partial charge in [0.1, 0.15) is 6.29 Å². The summed E-state index contributed by atoms with van der Waals surface area (Å²) < 4.78 is 13.3. The Bertz CT molecular complexity index is 415. The minimum atomic E-state index is -1.17. The molecule has 0 aliphatic carbocycles. The lowest BCUT2D eigenvalue weighted by Gasteiger charge is -2.11. The number of alkyl carbamates (subject to hydrolysis) is 1. The molecule has 0 aromatic heterocycles. The summed E-state index contributed by atoms with van der Waals surface area (Å²) in [6, 6.07) is 0. The summed E-state index contributed by atoms with van der Waals surface area (Å²) in [5.41, 5.74) is 0. The molecule has 0 aromatic rings. The Morgan fingerprint density at radius 3 is 2.21 bits per heavy atom. The van der Waals surface area contributed by atoms with Crippen LogP contribution < -0.4 is 10.6 Å². The molecule has 1 atom stereocenters. The van der Waals surface area contributed by atoms with Crippen LogP contribution in [0.2, 0.25) is 0 Å². The van der Waals surface area contributed by atoms with E-state index in [1.54, 1.807) is 6.92 Å². The molecule has 0 saturated heterocycles. The molecule has 0 bridgehead atoms. The van der Waals surface area contributed by atoms with Gasteiger partial charge in [-0.15, -0.1) is 0 Å². The van der Waals surface area contributed by atoms with E-state index in [0.29, 0.717) is 0 Å². The van der Waals surface area contributed by atoms with Crippen molar-refractivity contribution in [3.63, 3.8) is 0 Å². The van der Waals surface area contributed by atoms with Crippen LogP contribution in [0.25, 0.3) is 0 Å². The standard InChI is InChI=1S/C7H14N2O4.C3H2N2O2.C2H6O2/c1-5(10)8-4-9-7(11)13-6(2)12-3;4-1-7-3-5-2-6;1-2(3)4/h6H,4H2,1-3H3,(H,8,10)(H,9,11);3H2;2-4H,1H3. The van der Waals surface area contributed by atoms with E-state index in [4.69, 9.17) is 15.5 Å². The number of hydrogen-bond acceptors (Lipinski definition) is 10. The van der Waals surface area contributed by atoms with E-state index in [2.05, 4.69) is 29.8 Å². The lowest BCUT2D eigenvalue weighted by atomic mass is 10.7. The van der Waals surface area contributed by atoms with Gasteiger partial charge in [0.15, 0.2) is 0 Å². The number of aliphatic hydroxyl groups is 2. The van der Waals surface area contributed by atoms with Gasteiger partial charge in [0.25, 0.3) is 6.26 Å². The summed E-state index contributed by atoms with van der Waals surface area (Å²) in [5, 5.41) is 27.5. The number of carbonyl (C=O) groups excluding carboxylic acids is 3. The van der Waals surface area contributed by atoms with E-state index >= 15 is 0 Å². The Labute approximate surface area is 139 Å². The number of aliphatic hydroxyl groups excluding tert-OH is 1. The predicted molar refractivity (Wildman–Crippen MR) is 78.4 cm³/mol. The van der Waals surface area contributed by atoms with Crippen molar-refractivity contribution in [1.82, 2.24) is 10.6 Å². The highest BCUT2D eigenvalue weighted by molar-refractivity contribution is 5.73. The summed E-state index contributed by atoms with van der Waals surface area (Å²) in [6.07, 6.45) is 0.129. The Morgan fingerprint density at radius 1 is 1.29 bits per heavy atom. The zero-order chi connectivity index (χ0) is 19.4. The van der Waals surface area contributed by atoms with Crippen molar-refractivity contribution >= 4 is 18.1 Å². The SMILES string of the molecule is CC(O)O.COC(C)OC(=O)NCNC(C)=O.N#COCN=C=O. The van der Waals surface area contributed by atoms with Gasteiger partial charge >= 0.3 is 6.09 Å². The average Bonchev–Trinajstić information content (AvgIpc) is 2.47. The van der Waals surface area contributed by atoms with Crippen LogP contribution in [-0.2, 0) is 23.8 Å². The number of hydrogen-bond donors (Lipinski definition) is 4. The molecular formula is C12H22N4O8. The van der Waals surface area contributed by atoms with E-state index in [-0.39, 0.29) is 19.3 Å². The topological polar surface area (TPSA) is 180 Å². The number of carbonyl (C=O) groups is 2. The van der Waals surface area contributed by atoms with Gasteiger partial charge in [-0.25, -0.2) is 9.59 Å². The third-order valence-corrected chi connectivity index (χ3v) is 1.43. The van der Waals surface area contributed by atoms with Crippen LogP contribution in [0.4, 0.5) is 4.79 Å². The monoisotopic (exact) mass is 350 g/mol. The van der Waals surface area contributed by atoms with Gasteiger partial charge < -0.3 is 35.1 Å². The van der Waals surface area contributed by atoms with Crippen LogP contribution in [0.1, 0.15) is 20.8 Å². The first-order chi connectivity index (χ1) is 11.2. The number of nitrogens with zero attached hydrogens (tertiary/aromatic N) is 2. The van der Waals surface area contributed by atoms with Crippen LogP contribution in [0, 0.1) is 11.5 Å². The number of ether oxygens (including phenoxy) is 3. The van der Waals surface area contributed by atoms with Crippen molar-refractivity contribution < 1.29 is 38.8 Å². The minimum absolute atomic E-state index is 0.0462. The maximum atomic E-state index is 10.8. The molecule has 0 aliphatic rings. The number of aliphatic imine (C=N–C) groups is 1. The molecule has 0 aliphatic heterocycles. The first kappa shape index (κ1) is 26.2. The van der Waals surface area contributed by atoms with Gasteiger partial charge in [0.2, 0.25) is 25.0 Å². The van der Waals surface area contributed by atoms with E-state index in [9.17, 15) is 14.4 Å². The highest BCUT2D eigenvalue weighted by Gasteiger charge is 2.06. The van der Waals surface area contributed by atoms with E-state index < -0.39 is 18.7 Å². The fourth-order valence-electron chi connectivity index (χ4n) is 0.569. The van der Waals surface area contributed by atoms with Crippen molar-refractivity contribution in [3.05, 3.63) is 0 Å². The fourth-order valence-corrected chi connectivity index (χ4v) is 0.569. The third kappa shape index (κ3) is 36.5. The second-order valence-corrected chi connectivity index (χ2v) is 3.54. The maximum Gasteiger partial charge on any atom is 0.410 e. The molecule has 4 N–H and O–H groups in total. The van der Waals surface area contributed by atoms with Crippen LogP contribution in [0.5, 0.6) is 0 Å². The molecule has 24 heavy (non-hydrogen) atoms. The Morgan fingerprint density at radius 2 is 1.83 bits per heavy atom. The average molecular weight is 350 g/mol. The lowest BCUT2D eigenvalue weighted by Crippen LogP contribution is -2.37. The number of nitrogens with one attached hydrogen (secondary N) is 2. The molecule has 0 aromatic carbocycles. The molecule has 1 unspecified atom stereocenters. The van der Waals surface area contributed by atoms with Crippen molar-refractivity contribution in [2.45, 2.75) is 33.4 Å². The Balaban J connectivity index is -0.000000335. The fraction of sp³-hybridized carbons (Fsp3) is 0.667. The van der Waals surface area contributed by atoms with Gasteiger partial charge in [0.05, 0.1) is 6.67 Å². The summed E-state index contributed by atoms with van der Waals surface area (Å²) >= 11 is 0. The predicted octanol–water partition coefficient (Wildman–Crippen LogP) is -1.11. The van der Waals surface area contributed by atoms with E-state index in [1.807, 2.05) is 0 Å². The molecule has 0 rings (SSSR count). The van der Waals surface area contributed by atoms with Crippen LogP contribution in [0.3, 0.4) is 0 Å². The Kier molecular flexibility index (Phi) is 22.2. The second-order valence-electron chi connectivity index (χ2n) is 3.54. The molecule has 12 heteroatoms. The third-order valence-electron chi connectivity index (χ3n) is 1.43. The quantitative estimate of drug-likeness (QED) is 0.152. The number of amides is 2. The van der Waals surface area contributed by atoms with Crippen molar-refractivity contribution in [2.75, 3.05) is 20.5 Å². The largest absolute Gasteiger partial charge is 0.420 e. The zero-order valence-corrected chi connectivity index (χ0v) is 13.8. The summed E-state index contributed by atoms with van der Waals surface area (Å²) in [5.74, 6) is -0.222. The molecule has 0 radical (unpaired) electrons. The maximum absolute atomic E-state index is 10.8. The van der Waals surface area contributed by atoms with Crippen LogP contribution in [0.15, 0.2) is 4.99 Å².